The Balaban J connectivity index is 1.38. The lowest BCUT2D eigenvalue weighted by Gasteiger charge is -2.34. The second kappa shape index (κ2) is 7.35. The fourth-order valence-corrected chi connectivity index (χ4v) is 6.45. The zero-order valence-electron chi connectivity index (χ0n) is 15.2. The molecule has 0 N–H and O–H groups in total. The van der Waals surface area contributed by atoms with E-state index in [1.165, 1.54) is 21.2 Å². The zero-order valence-corrected chi connectivity index (χ0v) is 16.9. The molecule has 1 atom stereocenters. The third-order valence-corrected chi connectivity index (χ3v) is 8.53. The minimum absolute atomic E-state index is 0.0852. The maximum absolute atomic E-state index is 12.9. The van der Waals surface area contributed by atoms with Crippen molar-refractivity contribution in [3.05, 3.63) is 47.3 Å². The van der Waals surface area contributed by atoms with Gasteiger partial charge >= 0.3 is 0 Å². The number of amides is 1. The predicted octanol–water partition coefficient (Wildman–Crippen LogP) is 2.03. The van der Waals surface area contributed by atoms with Crippen LogP contribution in [0.2, 0.25) is 0 Å². The first kappa shape index (κ1) is 18.6. The van der Waals surface area contributed by atoms with E-state index < -0.39 is 10.0 Å². The number of piperazine rings is 1. The molecule has 3 heterocycles. The molecule has 0 saturated carbocycles. The van der Waals surface area contributed by atoms with Crippen molar-refractivity contribution >= 4 is 33.0 Å². The van der Waals surface area contributed by atoms with Gasteiger partial charge in [-0.3, -0.25) is 9.69 Å². The second-order valence-electron chi connectivity index (χ2n) is 7.06. The number of hydrogen-bond donors (Lipinski definition) is 0. The molecule has 2 aliphatic heterocycles. The smallest absolute Gasteiger partial charge is 0.252 e. The fourth-order valence-electron chi connectivity index (χ4n) is 3.88. The Labute approximate surface area is 164 Å². The van der Waals surface area contributed by atoms with E-state index in [2.05, 4.69) is 17.9 Å². The van der Waals surface area contributed by atoms with Crippen molar-refractivity contribution in [1.82, 2.24) is 9.21 Å². The van der Waals surface area contributed by atoms with E-state index in [1.54, 1.807) is 17.5 Å². The van der Waals surface area contributed by atoms with Crippen LogP contribution >= 0.6 is 11.3 Å². The van der Waals surface area contributed by atoms with Crippen molar-refractivity contribution in [3.63, 3.8) is 0 Å². The quantitative estimate of drug-likeness (QED) is 0.781. The Kier molecular flexibility index (Phi) is 5.07. The van der Waals surface area contributed by atoms with E-state index >= 15 is 0 Å². The average Bonchev–Trinajstić information content (AvgIpc) is 3.29. The molecule has 1 amide bonds. The molecule has 0 radical (unpaired) electrons. The molecule has 1 saturated heterocycles. The van der Waals surface area contributed by atoms with Gasteiger partial charge in [0.1, 0.15) is 4.21 Å². The molecule has 1 aromatic carbocycles. The minimum atomic E-state index is -3.41. The normalized spacial score (nSPS) is 21.4. The number of fused-ring (bicyclic) bond motifs is 1. The molecule has 144 valence electrons. The van der Waals surface area contributed by atoms with E-state index in [9.17, 15) is 13.2 Å². The maximum atomic E-state index is 12.9. The van der Waals surface area contributed by atoms with Crippen LogP contribution in [0.5, 0.6) is 0 Å². The van der Waals surface area contributed by atoms with Crippen molar-refractivity contribution in [2.75, 3.05) is 37.6 Å². The summed E-state index contributed by atoms with van der Waals surface area (Å²) in [5.74, 6) is 0.0852. The molecule has 6 nitrogen and oxygen atoms in total. The lowest BCUT2D eigenvalue weighted by molar-refractivity contribution is -0.120. The first-order chi connectivity index (χ1) is 13.0. The molecule has 0 bridgehead atoms. The molecule has 0 spiro atoms. The number of nitrogens with zero attached hydrogens (tertiary/aromatic N) is 3. The van der Waals surface area contributed by atoms with Gasteiger partial charge in [-0.25, -0.2) is 8.42 Å². The number of carbonyl (C=O) groups is 1. The summed E-state index contributed by atoms with van der Waals surface area (Å²) < 4.78 is 27.1. The summed E-state index contributed by atoms with van der Waals surface area (Å²) >= 11 is 1.24. The molecule has 4 rings (SSSR count). The Bertz CT molecular complexity index is 919. The van der Waals surface area contributed by atoms with Crippen molar-refractivity contribution in [2.45, 2.75) is 23.6 Å². The molecular formula is C19H23N3O3S2. The number of benzene rings is 1. The third kappa shape index (κ3) is 3.54. The van der Waals surface area contributed by atoms with Crippen molar-refractivity contribution in [3.8, 4) is 0 Å². The van der Waals surface area contributed by atoms with Crippen LogP contribution in [0.25, 0.3) is 0 Å². The van der Waals surface area contributed by atoms with Gasteiger partial charge in [-0.1, -0.05) is 24.3 Å². The summed E-state index contributed by atoms with van der Waals surface area (Å²) in [4.78, 5) is 16.9. The van der Waals surface area contributed by atoms with Gasteiger partial charge in [0.05, 0.1) is 6.54 Å². The summed E-state index contributed by atoms with van der Waals surface area (Å²) in [6, 6.07) is 11.6. The number of rotatable bonds is 4. The van der Waals surface area contributed by atoms with Crippen LogP contribution in [0.4, 0.5) is 5.69 Å². The van der Waals surface area contributed by atoms with Gasteiger partial charge in [0.25, 0.3) is 10.0 Å². The molecule has 1 aromatic heterocycles. The lowest BCUT2D eigenvalue weighted by Crippen LogP contribution is -2.52. The van der Waals surface area contributed by atoms with Crippen LogP contribution in [-0.2, 0) is 21.2 Å². The topological polar surface area (TPSA) is 60.9 Å². The van der Waals surface area contributed by atoms with Crippen LogP contribution in [0, 0.1) is 0 Å². The highest BCUT2D eigenvalue weighted by atomic mass is 32.2. The monoisotopic (exact) mass is 405 g/mol. The van der Waals surface area contributed by atoms with Crippen LogP contribution in [0.3, 0.4) is 0 Å². The van der Waals surface area contributed by atoms with E-state index in [0.29, 0.717) is 36.9 Å². The number of thiophene rings is 1. The van der Waals surface area contributed by atoms with Gasteiger partial charge in [-0.15, -0.1) is 11.3 Å². The SMILES string of the molecule is C[C@H]1Cc2ccccc2N1C(=O)CN1CCN(S(=O)(=O)c2cccs2)CC1. The number of hydrogen-bond acceptors (Lipinski definition) is 5. The Morgan fingerprint density at radius 3 is 2.56 bits per heavy atom. The summed E-state index contributed by atoms with van der Waals surface area (Å²) in [5, 5.41) is 1.77. The number of anilines is 1. The van der Waals surface area contributed by atoms with Gasteiger partial charge in [0, 0.05) is 37.9 Å². The Hall–Kier alpha value is -1.74. The third-order valence-electron chi connectivity index (χ3n) is 5.26. The van der Waals surface area contributed by atoms with E-state index in [1.807, 2.05) is 23.1 Å². The number of sulfonamides is 1. The Morgan fingerprint density at radius 2 is 1.85 bits per heavy atom. The van der Waals surface area contributed by atoms with Crippen molar-refractivity contribution < 1.29 is 13.2 Å². The number of para-hydroxylation sites is 1. The summed E-state index contributed by atoms with van der Waals surface area (Å²) in [6.07, 6.45) is 0.884. The van der Waals surface area contributed by atoms with Crippen LogP contribution in [0.1, 0.15) is 12.5 Å². The molecule has 27 heavy (non-hydrogen) atoms. The van der Waals surface area contributed by atoms with Gasteiger partial charge in [-0.2, -0.15) is 4.31 Å². The molecule has 1 fully saturated rings. The zero-order chi connectivity index (χ0) is 19.0. The first-order valence-electron chi connectivity index (χ1n) is 9.13. The molecular weight excluding hydrogens is 382 g/mol. The highest BCUT2D eigenvalue weighted by Gasteiger charge is 2.33. The predicted molar refractivity (Wildman–Crippen MR) is 107 cm³/mol. The maximum Gasteiger partial charge on any atom is 0.252 e. The van der Waals surface area contributed by atoms with Gasteiger partial charge in [0.15, 0.2) is 0 Å². The molecule has 0 unspecified atom stereocenters. The van der Waals surface area contributed by atoms with Gasteiger partial charge in [0.2, 0.25) is 5.91 Å². The molecule has 0 aliphatic carbocycles. The number of carbonyl (C=O) groups excluding carboxylic acids is 1. The van der Waals surface area contributed by atoms with Crippen LogP contribution in [0.15, 0.2) is 46.0 Å². The summed E-state index contributed by atoms with van der Waals surface area (Å²) in [7, 11) is -3.41. The summed E-state index contributed by atoms with van der Waals surface area (Å²) in [5.41, 5.74) is 2.22. The highest BCUT2D eigenvalue weighted by Crippen LogP contribution is 2.32. The van der Waals surface area contributed by atoms with Crippen molar-refractivity contribution in [2.24, 2.45) is 0 Å². The summed E-state index contributed by atoms with van der Waals surface area (Å²) in [6.45, 7) is 4.37. The van der Waals surface area contributed by atoms with Gasteiger partial charge < -0.3 is 4.90 Å². The minimum Gasteiger partial charge on any atom is -0.308 e. The highest BCUT2D eigenvalue weighted by molar-refractivity contribution is 7.91. The van der Waals surface area contributed by atoms with Crippen molar-refractivity contribution in [1.29, 1.82) is 0 Å². The van der Waals surface area contributed by atoms with E-state index in [-0.39, 0.29) is 11.9 Å². The lowest BCUT2D eigenvalue weighted by atomic mass is 10.1. The van der Waals surface area contributed by atoms with Gasteiger partial charge in [-0.05, 0) is 36.4 Å². The largest absolute Gasteiger partial charge is 0.308 e. The average molecular weight is 406 g/mol. The van der Waals surface area contributed by atoms with Crippen LogP contribution in [-0.4, -0.2) is 62.3 Å². The van der Waals surface area contributed by atoms with E-state index in [4.69, 9.17) is 0 Å². The molecule has 2 aromatic rings. The fraction of sp³-hybridized carbons (Fsp3) is 0.421. The standard InChI is InChI=1S/C19H23N3O3S2/c1-15-13-16-5-2-3-6-17(16)22(15)18(23)14-20-8-10-21(11-9-20)27(24,25)19-7-4-12-26-19/h2-7,12,15H,8-11,13-14H2,1H3/t15-/m0/s1. The molecule has 8 heteroatoms. The first-order valence-corrected chi connectivity index (χ1v) is 11.4. The Morgan fingerprint density at radius 1 is 1.11 bits per heavy atom. The van der Waals surface area contributed by atoms with Crippen LogP contribution < -0.4 is 4.90 Å². The van der Waals surface area contributed by atoms with E-state index in [0.717, 1.165) is 12.1 Å². The second-order valence-corrected chi connectivity index (χ2v) is 10.2. The molecule has 2 aliphatic rings.